The van der Waals surface area contributed by atoms with Gasteiger partial charge < -0.3 is 5.73 Å². The molecule has 1 rings (SSSR count). The summed E-state index contributed by atoms with van der Waals surface area (Å²) in [6, 6.07) is 4.28. The molecule has 64 valence electrons. The zero-order chi connectivity index (χ0) is 8.81. The molecule has 0 bridgehead atoms. The highest BCUT2D eigenvalue weighted by molar-refractivity contribution is 7.10. The van der Waals surface area contributed by atoms with Gasteiger partial charge in [-0.25, -0.2) is 0 Å². The van der Waals surface area contributed by atoms with E-state index in [1.807, 2.05) is 13.0 Å². The summed E-state index contributed by atoms with van der Waals surface area (Å²) in [7, 11) is 0. The van der Waals surface area contributed by atoms with Crippen LogP contribution in [0.1, 0.15) is 30.7 Å². The van der Waals surface area contributed by atoms with Crippen molar-refractivity contribution in [2.45, 2.75) is 25.8 Å². The highest BCUT2D eigenvalue weighted by Crippen LogP contribution is 2.20. The predicted octanol–water partition coefficient (Wildman–Crippen LogP) is 2.55. The number of hydrogen-bond acceptors (Lipinski definition) is 2. The zero-order valence-corrected chi connectivity index (χ0v) is 8.03. The van der Waals surface area contributed by atoms with Crippen molar-refractivity contribution >= 4 is 11.3 Å². The van der Waals surface area contributed by atoms with Crippen LogP contribution in [0.25, 0.3) is 0 Å². The fourth-order valence-electron chi connectivity index (χ4n) is 0.997. The van der Waals surface area contributed by atoms with Crippen LogP contribution in [0.4, 0.5) is 0 Å². The SMILES string of the molecule is CC#CCCC(N)c1cccs1. The summed E-state index contributed by atoms with van der Waals surface area (Å²) >= 11 is 1.72. The normalized spacial score (nSPS) is 11.8. The summed E-state index contributed by atoms with van der Waals surface area (Å²) in [5.74, 6) is 5.88. The molecule has 0 aromatic carbocycles. The summed E-state index contributed by atoms with van der Waals surface area (Å²) in [5, 5.41) is 2.06. The molecule has 1 aromatic heterocycles. The second-order valence-corrected chi connectivity index (χ2v) is 3.57. The fourth-order valence-corrected chi connectivity index (χ4v) is 1.76. The second-order valence-electron chi connectivity index (χ2n) is 2.59. The monoisotopic (exact) mass is 179 g/mol. The Morgan fingerprint density at radius 1 is 1.67 bits per heavy atom. The molecular formula is C10H13NS. The molecular weight excluding hydrogens is 166 g/mol. The molecule has 12 heavy (non-hydrogen) atoms. The molecule has 0 saturated carbocycles. The predicted molar refractivity (Wildman–Crippen MR) is 53.9 cm³/mol. The molecule has 0 aliphatic carbocycles. The van der Waals surface area contributed by atoms with Gasteiger partial charge >= 0.3 is 0 Å². The van der Waals surface area contributed by atoms with Crippen molar-refractivity contribution in [1.29, 1.82) is 0 Å². The summed E-state index contributed by atoms with van der Waals surface area (Å²) in [6.45, 7) is 1.86. The van der Waals surface area contributed by atoms with Crippen molar-refractivity contribution in [3.63, 3.8) is 0 Å². The standard InChI is InChI=1S/C10H13NS/c1-2-3-4-6-9(11)10-7-5-8-12-10/h5,7-9H,4,6,11H2,1H3. The van der Waals surface area contributed by atoms with Gasteiger partial charge in [0.2, 0.25) is 0 Å². The van der Waals surface area contributed by atoms with E-state index in [0.29, 0.717) is 0 Å². The lowest BCUT2D eigenvalue weighted by Crippen LogP contribution is -2.07. The zero-order valence-electron chi connectivity index (χ0n) is 7.21. The van der Waals surface area contributed by atoms with Gasteiger partial charge in [-0.3, -0.25) is 0 Å². The maximum Gasteiger partial charge on any atom is 0.0398 e. The molecule has 2 N–H and O–H groups in total. The topological polar surface area (TPSA) is 26.0 Å². The molecule has 0 amide bonds. The van der Waals surface area contributed by atoms with Crippen molar-refractivity contribution in [1.82, 2.24) is 0 Å². The molecule has 0 fully saturated rings. The van der Waals surface area contributed by atoms with E-state index in [0.717, 1.165) is 12.8 Å². The smallest absolute Gasteiger partial charge is 0.0398 e. The average Bonchev–Trinajstić information content (AvgIpc) is 2.56. The minimum atomic E-state index is 0.172. The van der Waals surface area contributed by atoms with Gasteiger partial charge in [0, 0.05) is 17.3 Å². The lowest BCUT2D eigenvalue weighted by atomic mass is 10.1. The van der Waals surface area contributed by atoms with Crippen molar-refractivity contribution in [2.24, 2.45) is 5.73 Å². The van der Waals surface area contributed by atoms with Gasteiger partial charge in [0.25, 0.3) is 0 Å². The first-order valence-electron chi connectivity index (χ1n) is 4.03. The summed E-state index contributed by atoms with van der Waals surface area (Å²) in [5.41, 5.74) is 5.92. The van der Waals surface area contributed by atoms with Gasteiger partial charge in [-0.2, -0.15) is 0 Å². The number of hydrogen-bond donors (Lipinski definition) is 1. The third-order valence-electron chi connectivity index (χ3n) is 1.67. The molecule has 0 aliphatic rings. The Morgan fingerprint density at radius 3 is 3.08 bits per heavy atom. The van der Waals surface area contributed by atoms with Crippen molar-refractivity contribution in [3.8, 4) is 11.8 Å². The molecule has 1 heterocycles. The van der Waals surface area contributed by atoms with Crippen LogP contribution >= 0.6 is 11.3 Å². The Morgan fingerprint density at radius 2 is 2.50 bits per heavy atom. The minimum Gasteiger partial charge on any atom is -0.323 e. The van der Waals surface area contributed by atoms with Gasteiger partial charge in [-0.1, -0.05) is 6.07 Å². The maximum absolute atomic E-state index is 5.92. The highest BCUT2D eigenvalue weighted by atomic mass is 32.1. The minimum absolute atomic E-state index is 0.172. The Hall–Kier alpha value is -0.780. The quantitative estimate of drug-likeness (QED) is 0.709. The van der Waals surface area contributed by atoms with Crippen molar-refractivity contribution < 1.29 is 0 Å². The first-order chi connectivity index (χ1) is 5.84. The largest absolute Gasteiger partial charge is 0.323 e. The Kier molecular flexibility index (Phi) is 3.86. The van der Waals surface area contributed by atoms with Crippen LogP contribution in [0.3, 0.4) is 0 Å². The second kappa shape index (κ2) is 4.97. The van der Waals surface area contributed by atoms with Crippen molar-refractivity contribution in [3.05, 3.63) is 22.4 Å². The average molecular weight is 179 g/mol. The lowest BCUT2D eigenvalue weighted by molar-refractivity contribution is 0.679. The molecule has 1 unspecified atom stereocenters. The molecule has 0 radical (unpaired) electrons. The molecule has 2 heteroatoms. The van der Waals surface area contributed by atoms with Crippen LogP contribution < -0.4 is 5.73 Å². The third-order valence-corrected chi connectivity index (χ3v) is 2.67. The van der Waals surface area contributed by atoms with E-state index in [2.05, 4.69) is 23.3 Å². The van der Waals surface area contributed by atoms with Crippen LogP contribution in [0, 0.1) is 11.8 Å². The molecule has 1 nitrogen and oxygen atoms in total. The lowest BCUT2D eigenvalue weighted by Gasteiger charge is -2.05. The van der Waals surface area contributed by atoms with Crippen LogP contribution in [0.5, 0.6) is 0 Å². The summed E-state index contributed by atoms with van der Waals surface area (Å²) in [4.78, 5) is 1.26. The Balaban J connectivity index is 2.37. The Labute approximate surface area is 77.6 Å². The van der Waals surface area contributed by atoms with E-state index in [4.69, 9.17) is 5.73 Å². The van der Waals surface area contributed by atoms with Gasteiger partial charge in [0.05, 0.1) is 0 Å². The number of rotatable bonds is 3. The first-order valence-corrected chi connectivity index (χ1v) is 4.91. The van der Waals surface area contributed by atoms with Crippen LogP contribution in [-0.2, 0) is 0 Å². The van der Waals surface area contributed by atoms with Crippen LogP contribution in [0.15, 0.2) is 17.5 Å². The first kappa shape index (κ1) is 9.31. The van der Waals surface area contributed by atoms with Gasteiger partial charge in [0.1, 0.15) is 0 Å². The van der Waals surface area contributed by atoms with Gasteiger partial charge in [-0.05, 0) is 24.8 Å². The van der Waals surface area contributed by atoms with Gasteiger partial charge in [0.15, 0.2) is 0 Å². The van der Waals surface area contributed by atoms with E-state index in [-0.39, 0.29) is 6.04 Å². The van der Waals surface area contributed by atoms with E-state index >= 15 is 0 Å². The molecule has 1 aromatic rings. The van der Waals surface area contributed by atoms with E-state index in [1.54, 1.807) is 11.3 Å². The molecule has 1 atom stereocenters. The molecule has 0 saturated heterocycles. The highest BCUT2D eigenvalue weighted by Gasteiger charge is 2.04. The van der Waals surface area contributed by atoms with Crippen molar-refractivity contribution in [2.75, 3.05) is 0 Å². The van der Waals surface area contributed by atoms with E-state index in [1.165, 1.54) is 4.88 Å². The molecule has 0 spiro atoms. The van der Waals surface area contributed by atoms with E-state index < -0.39 is 0 Å². The third kappa shape index (κ3) is 2.69. The van der Waals surface area contributed by atoms with Gasteiger partial charge in [-0.15, -0.1) is 23.2 Å². The Bertz CT molecular complexity index is 266. The summed E-state index contributed by atoms with van der Waals surface area (Å²) in [6.07, 6.45) is 1.86. The van der Waals surface area contributed by atoms with E-state index in [9.17, 15) is 0 Å². The fraction of sp³-hybridized carbons (Fsp3) is 0.400. The van der Waals surface area contributed by atoms with Crippen LogP contribution in [-0.4, -0.2) is 0 Å². The molecule has 0 aliphatic heterocycles. The summed E-state index contributed by atoms with van der Waals surface area (Å²) < 4.78 is 0. The maximum atomic E-state index is 5.92. The number of thiophene rings is 1. The van der Waals surface area contributed by atoms with Crippen LogP contribution in [0.2, 0.25) is 0 Å². The number of nitrogens with two attached hydrogens (primary N) is 1.